The van der Waals surface area contributed by atoms with Crippen molar-refractivity contribution in [3.63, 3.8) is 0 Å². The minimum atomic E-state index is 0.598. The molecule has 2 aromatic carbocycles. The van der Waals surface area contributed by atoms with Gasteiger partial charge in [-0.1, -0.05) is 27.5 Å². The highest BCUT2D eigenvalue weighted by Crippen LogP contribution is 2.37. The zero-order valence-corrected chi connectivity index (χ0v) is 17.5. The van der Waals surface area contributed by atoms with Crippen LogP contribution in [0.5, 0.6) is 11.5 Å². The lowest BCUT2D eigenvalue weighted by Crippen LogP contribution is -2.29. The van der Waals surface area contributed by atoms with E-state index in [0.29, 0.717) is 12.3 Å². The van der Waals surface area contributed by atoms with E-state index < -0.39 is 0 Å². The molecular formula is C20H24BrClN2O2. The molecule has 6 heteroatoms. The zero-order valence-electron chi connectivity index (χ0n) is 15.1. The van der Waals surface area contributed by atoms with E-state index in [1.807, 2.05) is 18.2 Å². The Labute approximate surface area is 168 Å². The Morgan fingerprint density at radius 1 is 1.08 bits per heavy atom. The van der Waals surface area contributed by atoms with Gasteiger partial charge in [0.15, 0.2) is 11.5 Å². The molecule has 0 radical (unpaired) electrons. The number of hydrogen-bond donors (Lipinski definition) is 1. The number of anilines is 2. The smallest absolute Gasteiger partial charge is 0.166 e. The summed E-state index contributed by atoms with van der Waals surface area (Å²) in [5.41, 5.74) is 3.10. The van der Waals surface area contributed by atoms with Crippen LogP contribution in [-0.2, 0) is 6.54 Å². The molecule has 0 amide bonds. The van der Waals surface area contributed by atoms with Crippen LogP contribution in [0.25, 0.3) is 0 Å². The number of methoxy groups -OCH3 is 2. The first-order valence-corrected chi connectivity index (χ1v) is 9.99. The first kappa shape index (κ1) is 19.2. The Bertz CT molecular complexity index is 764. The molecule has 0 saturated carbocycles. The summed E-state index contributed by atoms with van der Waals surface area (Å²) < 4.78 is 11.9. The van der Waals surface area contributed by atoms with Gasteiger partial charge in [-0.3, -0.25) is 0 Å². The van der Waals surface area contributed by atoms with Gasteiger partial charge in [-0.05, 0) is 49.6 Å². The normalized spacial score (nSPS) is 14.2. The Kier molecular flexibility index (Phi) is 6.54. The summed E-state index contributed by atoms with van der Waals surface area (Å²) in [6, 6.07) is 10.0. The van der Waals surface area contributed by atoms with Crippen LogP contribution in [0.4, 0.5) is 11.4 Å². The van der Waals surface area contributed by atoms with Crippen LogP contribution in [0.1, 0.15) is 24.8 Å². The molecule has 3 rings (SSSR count). The summed E-state index contributed by atoms with van der Waals surface area (Å²) in [5, 5.41) is 4.22. The van der Waals surface area contributed by atoms with Crippen molar-refractivity contribution in [2.75, 3.05) is 37.5 Å². The minimum absolute atomic E-state index is 0.598. The molecule has 1 aliphatic heterocycles. The fourth-order valence-electron chi connectivity index (χ4n) is 3.33. The van der Waals surface area contributed by atoms with Crippen LogP contribution < -0.4 is 19.7 Å². The fraction of sp³-hybridized carbons (Fsp3) is 0.400. The lowest BCUT2D eigenvalue weighted by atomic mass is 10.1. The molecule has 0 bridgehead atoms. The maximum atomic E-state index is 6.55. The molecule has 0 aliphatic carbocycles. The Morgan fingerprint density at radius 2 is 1.85 bits per heavy atom. The van der Waals surface area contributed by atoms with E-state index in [4.69, 9.17) is 21.1 Å². The molecule has 0 atom stereocenters. The van der Waals surface area contributed by atoms with Crippen LogP contribution in [0, 0.1) is 0 Å². The van der Waals surface area contributed by atoms with Crippen LogP contribution in [0.15, 0.2) is 34.8 Å². The SMILES string of the molecule is COc1ccc(Br)c(CNc2ccc(N3CCCCC3)c(Cl)c2)c1OC. The number of nitrogens with zero attached hydrogens (tertiary/aromatic N) is 1. The molecule has 4 nitrogen and oxygen atoms in total. The molecule has 1 N–H and O–H groups in total. The number of ether oxygens (including phenoxy) is 2. The predicted molar refractivity (Wildman–Crippen MR) is 112 cm³/mol. The number of halogens is 2. The summed E-state index contributed by atoms with van der Waals surface area (Å²) in [7, 11) is 3.29. The molecule has 0 spiro atoms. The van der Waals surface area contributed by atoms with E-state index in [2.05, 4.69) is 38.3 Å². The number of nitrogens with one attached hydrogen (secondary N) is 1. The third kappa shape index (κ3) is 4.21. The average Bonchev–Trinajstić information content (AvgIpc) is 2.67. The first-order valence-electron chi connectivity index (χ1n) is 8.81. The van der Waals surface area contributed by atoms with Crippen molar-refractivity contribution < 1.29 is 9.47 Å². The maximum absolute atomic E-state index is 6.55. The van der Waals surface area contributed by atoms with E-state index in [1.54, 1.807) is 14.2 Å². The van der Waals surface area contributed by atoms with Gasteiger partial charge >= 0.3 is 0 Å². The van der Waals surface area contributed by atoms with E-state index in [9.17, 15) is 0 Å². The zero-order chi connectivity index (χ0) is 18.5. The van der Waals surface area contributed by atoms with Crippen molar-refractivity contribution >= 4 is 38.9 Å². The van der Waals surface area contributed by atoms with E-state index in [1.165, 1.54) is 19.3 Å². The second kappa shape index (κ2) is 8.87. The minimum Gasteiger partial charge on any atom is -0.493 e. The Hall–Kier alpha value is -1.59. The number of hydrogen-bond acceptors (Lipinski definition) is 4. The van der Waals surface area contributed by atoms with Gasteiger partial charge in [0.2, 0.25) is 0 Å². The standard InChI is InChI=1S/C20H24BrClN2O2/c1-25-19-9-7-16(21)15(20(19)26-2)13-23-14-6-8-18(17(22)12-14)24-10-4-3-5-11-24/h6-9,12,23H,3-5,10-11,13H2,1-2H3. The maximum Gasteiger partial charge on any atom is 0.166 e. The average molecular weight is 440 g/mol. The number of benzene rings is 2. The molecule has 1 heterocycles. The Balaban J connectivity index is 1.75. The summed E-state index contributed by atoms with van der Waals surface area (Å²) in [6.07, 6.45) is 3.78. The quantitative estimate of drug-likeness (QED) is 0.624. The number of piperidine rings is 1. The topological polar surface area (TPSA) is 33.7 Å². The number of rotatable bonds is 6. The van der Waals surface area contributed by atoms with Crippen molar-refractivity contribution in [3.8, 4) is 11.5 Å². The van der Waals surface area contributed by atoms with Crippen molar-refractivity contribution in [2.45, 2.75) is 25.8 Å². The largest absolute Gasteiger partial charge is 0.493 e. The van der Waals surface area contributed by atoms with Crippen LogP contribution >= 0.6 is 27.5 Å². The highest BCUT2D eigenvalue weighted by Gasteiger charge is 2.16. The fourth-order valence-corrected chi connectivity index (χ4v) is 4.08. The summed E-state index contributed by atoms with van der Waals surface area (Å²) in [5.74, 6) is 1.44. The van der Waals surface area contributed by atoms with Gasteiger partial charge in [0.05, 0.1) is 24.9 Å². The van der Waals surface area contributed by atoms with E-state index >= 15 is 0 Å². The van der Waals surface area contributed by atoms with Crippen molar-refractivity contribution in [2.24, 2.45) is 0 Å². The van der Waals surface area contributed by atoms with Crippen LogP contribution in [-0.4, -0.2) is 27.3 Å². The molecule has 2 aromatic rings. The van der Waals surface area contributed by atoms with Crippen molar-refractivity contribution in [1.29, 1.82) is 0 Å². The van der Waals surface area contributed by atoms with Crippen LogP contribution in [0.2, 0.25) is 5.02 Å². The van der Waals surface area contributed by atoms with E-state index in [-0.39, 0.29) is 0 Å². The van der Waals surface area contributed by atoms with Gasteiger partial charge in [-0.2, -0.15) is 0 Å². The van der Waals surface area contributed by atoms with Gasteiger partial charge in [0, 0.05) is 35.4 Å². The van der Waals surface area contributed by atoms with Gasteiger partial charge in [0.1, 0.15) is 0 Å². The molecule has 0 unspecified atom stereocenters. The second-order valence-electron chi connectivity index (χ2n) is 6.33. The molecule has 26 heavy (non-hydrogen) atoms. The van der Waals surface area contributed by atoms with Crippen LogP contribution in [0.3, 0.4) is 0 Å². The van der Waals surface area contributed by atoms with Crippen molar-refractivity contribution in [3.05, 3.63) is 45.4 Å². The van der Waals surface area contributed by atoms with E-state index in [0.717, 1.165) is 45.3 Å². The second-order valence-corrected chi connectivity index (χ2v) is 7.59. The molecular weight excluding hydrogens is 416 g/mol. The predicted octanol–water partition coefficient (Wildman–Crippen LogP) is 5.72. The lowest BCUT2D eigenvalue weighted by molar-refractivity contribution is 0.351. The van der Waals surface area contributed by atoms with Gasteiger partial charge in [-0.25, -0.2) is 0 Å². The van der Waals surface area contributed by atoms with Gasteiger partial charge in [-0.15, -0.1) is 0 Å². The molecule has 1 aliphatic rings. The van der Waals surface area contributed by atoms with Gasteiger partial charge in [0.25, 0.3) is 0 Å². The molecule has 0 aromatic heterocycles. The lowest BCUT2D eigenvalue weighted by Gasteiger charge is -2.29. The Morgan fingerprint density at radius 3 is 2.50 bits per heavy atom. The summed E-state index contributed by atoms with van der Waals surface area (Å²) >= 11 is 10.1. The molecule has 1 fully saturated rings. The highest BCUT2D eigenvalue weighted by molar-refractivity contribution is 9.10. The third-order valence-corrected chi connectivity index (χ3v) is 5.75. The third-order valence-electron chi connectivity index (χ3n) is 4.70. The summed E-state index contributed by atoms with van der Waals surface area (Å²) in [4.78, 5) is 2.37. The summed E-state index contributed by atoms with van der Waals surface area (Å²) in [6.45, 7) is 2.77. The van der Waals surface area contributed by atoms with Gasteiger partial charge < -0.3 is 19.7 Å². The molecule has 140 valence electrons. The van der Waals surface area contributed by atoms with Crippen molar-refractivity contribution in [1.82, 2.24) is 0 Å². The highest BCUT2D eigenvalue weighted by atomic mass is 79.9. The molecule has 1 saturated heterocycles. The monoisotopic (exact) mass is 438 g/mol. The first-order chi connectivity index (χ1) is 12.6.